The van der Waals surface area contributed by atoms with Gasteiger partial charge in [-0.1, -0.05) is 30.9 Å². The van der Waals surface area contributed by atoms with Crippen LogP contribution in [0.5, 0.6) is 0 Å². The van der Waals surface area contributed by atoms with Crippen molar-refractivity contribution in [1.29, 1.82) is 5.26 Å². The van der Waals surface area contributed by atoms with Gasteiger partial charge in [0.1, 0.15) is 0 Å². The van der Waals surface area contributed by atoms with Gasteiger partial charge in [-0.2, -0.15) is 5.26 Å². The number of hydrogen-bond donors (Lipinski definition) is 0. The number of rotatable bonds is 2. The van der Waals surface area contributed by atoms with E-state index in [4.69, 9.17) is 5.26 Å². The molecule has 9 heavy (non-hydrogen) atoms. The molecular formula is C7H7NTi. The van der Waals surface area contributed by atoms with Crippen molar-refractivity contribution in [1.82, 2.24) is 0 Å². The molecule has 0 amide bonds. The first-order valence-electron chi connectivity index (χ1n) is 2.25. The van der Waals surface area contributed by atoms with E-state index in [2.05, 4.69) is 6.58 Å². The van der Waals surface area contributed by atoms with E-state index < -0.39 is 0 Å². The zero-order valence-corrected chi connectivity index (χ0v) is 6.60. The van der Waals surface area contributed by atoms with Gasteiger partial charge in [-0.25, -0.2) is 0 Å². The van der Waals surface area contributed by atoms with Crippen LogP contribution in [0.2, 0.25) is 0 Å². The van der Waals surface area contributed by atoms with E-state index >= 15 is 0 Å². The van der Waals surface area contributed by atoms with E-state index in [9.17, 15) is 0 Å². The van der Waals surface area contributed by atoms with Gasteiger partial charge in [0.05, 0.1) is 6.07 Å². The first-order chi connectivity index (χ1) is 3.91. The summed E-state index contributed by atoms with van der Waals surface area (Å²) < 4.78 is 0. The summed E-state index contributed by atoms with van der Waals surface area (Å²) in [5, 5.41) is 7.97. The van der Waals surface area contributed by atoms with E-state index in [0.717, 1.165) is 0 Å². The summed E-state index contributed by atoms with van der Waals surface area (Å²) in [5.41, 5.74) is 0. The van der Waals surface area contributed by atoms with E-state index in [1.807, 2.05) is 6.07 Å². The van der Waals surface area contributed by atoms with Crippen molar-refractivity contribution >= 4 is 0 Å². The molecule has 1 nitrogen and oxygen atoms in total. The van der Waals surface area contributed by atoms with Crippen LogP contribution in [0.4, 0.5) is 0 Å². The zero-order chi connectivity index (χ0) is 6.24. The van der Waals surface area contributed by atoms with Gasteiger partial charge >= 0.3 is 0 Å². The van der Waals surface area contributed by atoms with Gasteiger partial charge in [0.15, 0.2) is 0 Å². The number of nitrogens with zero attached hydrogens (tertiary/aromatic N) is 1. The van der Waals surface area contributed by atoms with Gasteiger partial charge in [0, 0.05) is 27.8 Å². The fourth-order valence-corrected chi connectivity index (χ4v) is 0.241. The molecule has 0 aliphatic rings. The number of hydrogen-bond acceptors (Lipinski definition) is 1. The van der Waals surface area contributed by atoms with Crippen molar-refractivity contribution in [3.63, 3.8) is 0 Å². The van der Waals surface area contributed by atoms with Crippen molar-refractivity contribution in [3.05, 3.63) is 37.0 Å². The molecule has 2 heteroatoms. The second kappa shape index (κ2) is 10.4. The average molecular weight is 153 g/mol. The van der Waals surface area contributed by atoms with Crippen molar-refractivity contribution in [2.24, 2.45) is 0 Å². The van der Waals surface area contributed by atoms with Gasteiger partial charge < -0.3 is 0 Å². The predicted molar refractivity (Wildman–Crippen MR) is 34.1 cm³/mol. The van der Waals surface area contributed by atoms with Crippen LogP contribution in [0.15, 0.2) is 37.0 Å². The van der Waals surface area contributed by atoms with Crippen molar-refractivity contribution in [2.75, 3.05) is 0 Å². The summed E-state index contributed by atoms with van der Waals surface area (Å²) >= 11 is 0. The molecular weight excluding hydrogens is 146 g/mol. The molecule has 0 atom stereocenters. The average Bonchev–Trinajstić information content (AvgIpc) is 1.81. The van der Waals surface area contributed by atoms with Crippen molar-refractivity contribution in [3.8, 4) is 6.07 Å². The first kappa shape index (κ1) is 11.3. The normalized spacial score (nSPS) is 8.78. The molecule has 0 N–H and O–H groups in total. The summed E-state index contributed by atoms with van der Waals surface area (Å²) in [4.78, 5) is 0. The molecule has 0 spiro atoms. The molecule has 0 aromatic heterocycles. The Labute approximate surface area is 70.3 Å². The molecule has 0 radical (unpaired) electrons. The van der Waals surface area contributed by atoms with Crippen LogP contribution < -0.4 is 0 Å². The SMILES string of the molecule is C=CC=CC=CC#N.[Ti]. The Balaban J connectivity index is 0. The second-order valence-electron chi connectivity index (χ2n) is 1.11. The van der Waals surface area contributed by atoms with Gasteiger partial charge in [-0.3, -0.25) is 0 Å². The number of nitriles is 1. The molecule has 0 saturated heterocycles. The summed E-state index contributed by atoms with van der Waals surface area (Å²) in [7, 11) is 0. The van der Waals surface area contributed by atoms with Crippen LogP contribution in [0, 0.1) is 11.3 Å². The topological polar surface area (TPSA) is 23.8 Å². The van der Waals surface area contributed by atoms with Gasteiger partial charge in [0.2, 0.25) is 0 Å². The standard InChI is InChI=1S/C7H7N.Ti/c1-2-3-4-5-6-7-8;/h2-6H,1H2;. The maximum atomic E-state index is 7.97. The fourth-order valence-electron chi connectivity index (χ4n) is 0.241. The summed E-state index contributed by atoms with van der Waals surface area (Å²) in [6.45, 7) is 3.45. The minimum atomic E-state index is 0. The van der Waals surface area contributed by atoms with Crippen LogP contribution >= 0.6 is 0 Å². The third-order valence-corrected chi connectivity index (χ3v) is 0.529. The maximum Gasteiger partial charge on any atom is 0.0912 e. The Morgan fingerprint density at radius 1 is 1.22 bits per heavy atom. The Hall–Kier alpha value is -0.576. The van der Waals surface area contributed by atoms with Crippen LogP contribution in [-0.2, 0) is 21.7 Å². The molecule has 0 aromatic rings. The van der Waals surface area contributed by atoms with Gasteiger partial charge in [0.25, 0.3) is 0 Å². The third kappa shape index (κ3) is 11.2. The molecule has 0 aromatic carbocycles. The van der Waals surface area contributed by atoms with Crippen LogP contribution in [-0.4, -0.2) is 0 Å². The minimum absolute atomic E-state index is 0. The largest absolute Gasteiger partial charge is 0.193 e. The van der Waals surface area contributed by atoms with Crippen LogP contribution in [0.25, 0.3) is 0 Å². The van der Waals surface area contributed by atoms with E-state index in [1.54, 1.807) is 24.3 Å². The van der Waals surface area contributed by atoms with Crippen LogP contribution in [0.1, 0.15) is 0 Å². The van der Waals surface area contributed by atoms with Crippen molar-refractivity contribution < 1.29 is 21.7 Å². The predicted octanol–water partition coefficient (Wildman–Crippen LogP) is 1.81. The molecule has 0 saturated carbocycles. The van der Waals surface area contributed by atoms with Crippen molar-refractivity contribution in [2.45, 2.75) is 0 Å². The van der Waals surface area contributed by atoms with E-state index in [1.165, 1.54) is 6.08 Å². The minimum Gasteiger partial charge on any atom is -0.193 e. The maximum absolute atomic E-state index is 7.97. The Kier molecular flexibility index (Phi) is 13.0. The Morgan fingerprint density at radius 2 is 1.89 bits per heavy atom. The van der Waals surface area contributed by atoms with Gasteiger partial charge in [-0.05, 0) is 0 Å². The summed E-state index contributed by atoms with van der Waals surface area (Å²) in [5.74, 6) is 0. The molecule has 0 bridgehead atoms. The Bertz CT molecular complexity index is 151. The number of allylic oxidation sites excluding steroid dienone is 5. The smallest absolute Gasteiger partial charge is 0.0912 e. The zero-order valence-electron chi connectivity index (χ0n) is 5.04. The summed E-state index contributed by atoms with van der Waals surface area (Å²) in [6, 6.07) is 1.86. The molecule has 0 rings (SSSR count). The van der Waals surface area contributed by atoms with Crippen LogP contribution in [0.3, 0.4) is 0 Å². The molecule has 44 valence electrons. The molecule has 0 aliphatic carbocycles. The van der Waals surface area contributed by atoms with E-state index in [-0.39, 0.29) is 21.7 Å². The fraction of sp³-hybridized carbons (Fsp3) is 0. The molecule has 0 aliphatic heterocycles. The third-order valence-electron chi connectivity index (χ3n) is 0.529. The molecule has 0 heterocycles. The summed E-state index contributed by atoms with van der Waals surface area (Å²) in [6.07, 6.45) is 8.22. The first-order valence-corrected chi connectivity index (χ1v) is 2.25. The second-order valence-corrected chi connectivity index (χ2v) is 1.11. The quantitative estimate of drug-likeness (QED) is 0.337. The Morgan fingerprint density at radius 3 is 2.33 bits per heavy atom. The van der Waals surface area contributed by atoms with E-state index in [0.29, 0.717) is 0 Å². The molecule has 0 fully saturated rings. The molecule has 0 unspecified atom stereocenters. The monoisotopic (exact) mass is 153 g/mol. The van der Waals surface area contributed by atoms with Gasteiger partial charge in [-0.15, -0.1) is 0 Å².